The molecule has 0 saturated heterocycles. The van der Waals surface area contributed by atoms with Gasteiger partial charge in [0.2, 0.25) is 0 Å². The van der Waals surface area contributed by atoms with E-state index in [0.29, 0.717) is 5.69 Å². The first-order valence-electron chi connectivity index (χ1n) is 9.99. The van der Waals surface area contributed by atoms with Crippen molar-refractivity contribution in [1.29, 1.82) is 0 Å². The summed E-state index contributed by atoms with van der Waals surface area (Å²) in [6, 6.07) is 15.1. The molecule has 0 radical (unpaired) electrons. The number of anilines is 2. The van der Waals surface area contributed by atoms with Crippen LogP contribution < -0.4 is 10.6 Å². The second-order valence-corrected chi connectivity index (χ2v) is 7.18. The van der Waals surface area contributed by atoms with Crippen molar-refractivity contribution in [2.24, 2.45) is 0 Å². The van der Waals surface area contributed by atoms with Crippen molar-refractivity contribution in [3.05, 3.63) is 106 Å². The Labute approximate surface area is 188 Å². The minimum absolute atomic E-state index is 0.0642. The Kier molecular flexibility index (Phi) is 6.07. The topological polar surface area (TPSA) is 115 Å². The van der Waals surface area contributed by atoms with E-state index >= 15 is 0 Å². The largest absolute Gasteiger partial charge is 0.371 e. The predicted molar refractivity (Wildman–Crippen MR) is 121 cm³/mol. The van der Waals surface area contributed by atoms with Gasteiger partial charge in [0.15, 0.2) is 5.82 Å². The number of nitrogens with one attached hydrogen (secondary N) is 2. The first kappa shape index (κ1) is 21.6. The highest BCUT2D eigenvalue weighted by molar-refractivity contribution is 6.05. The predicted octanol–water partition coefficient (Wildman–Crippen LogP) is 4.74. The van der Waals surface area contributed by atoms with Gasteiger partial charge in [0, 0.05) is 35.9 Å². The van der Waals surface area contributed by atoms with Gasteiger partial charge in [-0.1, -0.05) is 6.07 Å². The molecule has 2 N–H and O–H groups in total. The maximum Gasteiger partial charge on any atom is 0.293 e. The molecule has 1 unspecified atom stereocenters. The number of nitrogens with zero attached hydrogens (tertiary/aromatic N) is 4. The Morgan fingerprint density at radius 2 is 1.97 bits per heavy atom. The van der Waals surface area contributed by atoms with Crippen LogP contribution in [0.3, 0.4) is 0 Å². The normalized spacial score (nSPS) is 11.6. The SMILES string of the molecule is CC(Nc1ccc(C(=O)Nc2ccc(-n3cccn3)c(F)c2)cc1[N+](=O)[O-])c1ccccn1. The van der Waals surface area contributed by atoms with Crippen LogP contribution >= 0.6 is 0 Å². The standard InChI is InChI=1S/C23H19FN6O3/c1-15(19-5-2-3-10-25-19)27-20-8-6-16(13-22(20)30(32)33)23(31)28-17-7-9-21(18(24)14-17)29-12-4-11-26-29/h2-15,27H,1H3,(H,28,31). The molecule has 0 aliphatic rings. The number of hydrogen-bond acceptors (Lipinski definition) is 6. The molecule has 0 saturated carbocycles. The molecule has 1 atom stereocenters. The fourth-order valence-corrected chi connectivity index (χ4v) is 3.27. The molecule has 4 rings (SSSR count). The molecule has 2 aromatic carbocycles. The highest BCUT2D eigenvalue weighted by atomic mass is 19.1. The number of amides is 1. The summed E-state index contributed by atoms with van der Waals surface area (Å²) in [7, 11) is 0. The summed E-state index contributed by atoms with van der Waals surface area (Å²) in [5.74, 6) is -1.18. The number of halogens is 1. The summed E-state index contributed by atoms with van der Waals surface area (Å²) in [5, 5.41) is 21.2. The summed E-state index contributed by atoms with van der Waals surface area (Å²) in [6.07, 6.45) is 4.76. The first-order valence-corrected chi connectivity index (χ1v) is 9.99. The number of nitro groups is 1. The molecule has 0 fully saturated rings. The lowest BCUT2D eigenvalue weighted by atomic mass is 10.1. The van der Waals surface area contributed by atoms with E-state index in [2.05, 4.69) is 20.7 Å². The fraction of sp³-hybridized carbons (Fsp3) is 0.0870. The van der Waals surface area contributed by atoms with Gasteiger partial charge in [-0.3, -0.25) is 19.9 Å². The molecule has 33 heavy (non-hydrogen) atoms. The van der Waals surface area contributed by atoms with Crippen molar-refractivity contribution in [1.82, 2.24) is 14.8 Å². The van der Waals surface area contributed by atoms with Gasteiger partial charge in [-0.05, 0) is 55.5 Å². The van der Waals surface area contributed by atoms with Gasteiger partial charge in [-0.15, -0.1) is 0 Å². The lowest BCUT2D eigenvalue weighted by Crippen LogP contribution is -2.14. The van der Waals surface area contributed by atoms with Crippen LogP contribution in [0, 0.1) is 15.9 Å². The number of carbonyl (C=O) groups is 1. The zero-order valence-electron chi connectivity index (χ0n) is 17.5. The van der Waals surface area contributed by atoms with Crippen molar-refractivity contribution in [2.75, 3.05) is 10.6 Å². The Balaban J connectivity index is 1.53. The number of pyridine rings is 1. The van der Waals surface area contributed by atoms with E-state index in [9.17, 15) is 19.3 Å². The van der Waals surface area contributed by atoms with Gasteiger partial charge in [-0.25, -0.2) is 9.07 Å². The molecular weight excluding hydrogens is 427 g/mol. The molecule has 9 nitrogen and oxygen atoms in total. The lowest BCUT2D eigenvalue weighted by molar-refractivity contribution is -0.384. The van der Waals surface area contributed by atoms with Crippen LogP contribution in [0.25, 0.3) is 5.69 Å². The average molecular weight is 446 g/mol. The number of nitro benzene ring substituents is 1. The molecule has 166 valence electrons. The van der Waals surface area contributed by atoms with Gasteiger partial charge >= 0.3 is 0 Å². The number of rotatable bonds is 7. The summed E-state index contributed by atoms with van der Waals surface area (Å²) < 4.78 is 15.8. The van der Waals surface area contributed by atoms with Crippen LogP contribution in [0.2, 0.25) is 0 Å². The highest BCUT2D eigenvalue weighted by Crippen LogP contribution is 2.29. The average Bonchev–Trinajstić information content (AvgIpc) is 3.34. The summed E-state index contributed by atoms with van der Waals surface area (Å²) in [6.45, 7) is 1.83. The minimum atomic E-state index is -0.603. The Hall–Kier alpha value is -4.60. The van der Waals surface area contributed by atoms with Crippen molar-refractivity contribution in [2.45, 2.75) is 13.0 Å². The Morgan fingerprint density at radius 1 is 1.12 bits per heavy atom. The molecule has 0 bridgehead atoms. The molecular formula is C23H19FN6O3. The maximum absolute atomic E-state index is 14.4. The molecule has 1 amide bonds. The van der Waals surface area contributed by atoms with Gasteiger partial charge in [0.25, 0.3) is 11.6 Å². The fourth-order valence-electron chi connectivity index (χ4n) is 3.27. The zero-order valence-corrected chi connectivity index (χ0v) is 17.5. The van der Waals surface area contributed by atoms with Gasteiger partial charge in [0.05, 0.1) is 16.7 Å². The monoisotopic (exact) mass is 446 g/mol. The zero-order chi connectivity index (χ0) is 23.4. The summed E-state index contributed by atoms with van der Waals surface area (Å²) in [5.41, 5.74) is 1.21. The van der Waals surface area contributed by atoms with E-state index in [-0.39, 0.29) is 34.4 Å². The van der Waals surface area contributed by atoms with E-state index in [1.807, 2.05) is 19.1 Å². The molecule has 0 aliphatic carbocycles. The van der Waals surface area contributed by atoms with Crippen LogP contribution in [0.15, 0.2) is 79.3 Å². The quantitative estimate of drug-likeness (QED) is 0.313. The van der Waals surface area contributed by atoms with Crippen LogP contribution in [0.1, 0.15) is 29.0 Å². The number of benzene rings is 2. The number of aromatic nitrogens is 3. The molecule has 0 spiro atoms. The second kappa shape index (κ2) is 9.27. The van der Waals surface area contributed by atoms with Gasteiger partial charge in [-0.2, -0.15) is 5.10 Å². The molecule has 2 aromatic heterocycles. The maximum atomic E-state index is 14.4. The lowest BCUT2D eigenvalue weighted by Gasteiger charge is -2.15. The third kappa shape index (κ3) is 4.85. The van der Waals surface area contributed by atoms with E-state index in [1.165, 1.54) is 41.2 Å². The number of hydrogen-bond donors (Lipinski definition) is 2. The molecule has 10 heteroatoms. The van der Waals surface area contributed by atoms with Crippen LogP contribution in [0.4, 0.5) is 21.5 Å². The Morgan fingerprint density at radius 3 is 2.64 bits per heavy atom. The van der Waals surface area contributed by atoms with Crippen LogP contribution in [-0.4, -0.2) is 25.6 Å². The van der Waals surface area contributed by atoms with E-state index in [0.717, 1.165) is 6.07 Å². The van der Waals surface area contributed by atoms with Crippen molar-refractivity contribution >= 4 is 23.0 Å². The van der Waals surface area contributed by atoms with E-state index in [1.54, 1.807) is 24.5 Å². The first-order chi connectivity index (χ1) is 15.9. The van der Waals surface area contributed by atoms with Crippen LogP contribution in [0.5, 0.6) is 0 Å². The van der Waals surface area contributed by atoms with Crippen molar-refractivity contribution in [3.63, 3.8) is 0 Å². The van der Waals surface area contributed by atoms with Gasteiger partial charge in [0.1, 0.15) is 11.4 Å². The van der Waals surface area contributed by atoms with E-state index in [4.69, 9.17) is 0 Å². The third-order valence-corrected chi connectivity index (χ3v) is 4.92. The molecule has 0 aliphatic heterocycles. The third-order valence-electron chi connectivity index (χ3n) is 4.92. The second-order valence-electron chi connectivity index (χ2n) is 7.18. The van der Waals surface area contributed by atoms with E-state index < -0.39 is 16.6 Å². The molecule has 2 heterocycles. The van der Waals surface area contributed by atoms with Crippen molar-refractivity contribution in [3.8, 4) is 5.69 Å². The smallest absolute Gasteiger partial charge is 0.293 e. The minimum Gasteiger partial charge on any atom is -0.371 e. The number of carbonyl (C=O) groups excluding carboxylic acids is 1. The van der Waals surface area contributed by atoms with Crippen molar-refractivity contribution < 1.29 is 14.1 Å². The highest BCUT2D eigenvalue weighted by Gasteiger charge is 2.20. The van der Waals surface area contributed by atoms with Gasteiger partial charge < -0.3 is 10.6 Å². The summed E-state index contributed by atoms with van der Waals surface area (Å²) >= 11 is 0. The summed E-state index contributed by atoms with van der Waals surface area (Å²) in [4.78, 5) is 28.0. The Bertz CT molecular complexity index is 1300. The van der Waals surface area contributed by atoms with Crippen LogP contribution in [-0.2, 0) is 0 Å². The molecule has 4 aromatic rings.